The fraction of sp³-hybridized carbons (Fsp3) is 0. The van der Waals surface area contributed by atoms with Crippen LogP contribution in [-0.2, 0) is 0 Å². The van der Waals surface area contributed by atoms with Gasteiger partial charge in [-0.2, -0.15) is 0 Å². The standard InChI is InChI=1S/C69H41N7Se/c1-4-20-42(21-5-1)64-71-65(43-22-6-2-7-23-43)74-68(73-64)62-51-31-14-10-27-47(51)59(48-28-11-15-32-52(48)62)45-37-38-57-56(40-45)61-55(35-18-36-58(61)77-57)60-49-29-12-16-33-53(49)63(54-34-17-13-30-50(54)60)69-75-66(44-24-8-3-9-25-44)72-67(76-69)46-26-19-39-70-41-46/h1-41H. The molecule has 358 valence electrons. The van der Waals surface area contributed by atoms with Crippen LogP contribution in [0.4, 0.5) is 0 Å². The van der Waals surface area contributed by atoms with Crippen LogP contribution in [-0.4, -0.2) is 49.4 Å². The molecule has 0 radical (unpaired) electrons. The van der Waals surface area contributed by atoms with Crippen molar-refractivity contribution in [1.82, 2.24) is 34.9 Å². The van der Waals surface area contributed by atoms with Gasteiger partial charge in [0.25, 0.3) is 0 Å². The van der Waals surface area contributed by atoms with Crippen molar-refractivity contribution >= 4 is 76.9 Å². The van der Waals surface area contributed by atoms with E-state index in [2.05, 4.69) is 163 Å². The van der Waals surface area contributed by atoms with Crippen molar-refractivity contribution in [3.63, 3.8) is 0 Å². The minimum Gasteiger partial charge on any atom is -0.0615 e. The van der Waals surface area contributed by atoms with E-state index in [1.54, 1.807) is 6.20 Å². The Labute approximate surface area is 448 Å². The van der Waals surface area contributed by atoms with Gasteiger partial charge in [0, 0.05) is 6.20 Å². The molecule has 0 amide bonds. The predicted molar refractivity (Wildman–Crippen MR) is 316 cm³/mol. The molecule has 7 nitrogen and oxygen atoms in total. The fourth-order valence-corrected chi connectivity index (χ4v) is 13.6. The quantitative estimate of drug-likeness (QED) is 0.111. The van der Waals surface area contributed by atoms with Gasteiger partial charge in [0.1, 0.15) is 0 Å². The molecule has 0 fully saturated rings. The smallest absolute Gasteiger partial charge is 0.0512 e. The Bertz CT molecular complexity index is 4570. The van der Waals surface area contributed by atoms with Crippen LogP contribution in [0.25, 0.3) is 153 Å². The van der Waals surface area contributed by atoms with Crippen LogP contribution >= 0.6 is 0 Å². The van der Waals surface area contributed by atoms with Crippen molar-refractivity contribution in [1.29, 1.82) is 0 Å². The Hall–Kier alpha value is -9.85. The molecule has 0 aliphatic carbocycles. The van der Waals surface area contributed by atoms with E-state index < -0.39 is 0 Å². The number of rotatable bonds is 8. The van der Waals surface area contributed by atoms with E-state index >= 15 is 0 Å². The summed E-state index contributed by atoms with van der Waals surface area (Å²) >= 11 is 0.0891. The van der Waals surface area contributed by atoms with E-state index in [0.717, 1.165) is 82.0 Å². The summed E-state index contributed by atoms with van der Waals surface area (Å²) in [5.74, 6) is 3.70. The van der Waals surface area contributed by atoms with Crippen LogP contribution in [0.3, 0.4) is 0 Å². The SMILES string of the molecule is c1ccc(-c2nc(-c3ccccc3)nc(-c3c4ccccc4c(-c4ccc5[se]c6cccc(-c7c8ccccc8c(-c8nc(-c9ccccc9)nc(-c9cccnc9)n8)c8ccccc78)c6c5c4)c4ccccc34)n2)cc1. The van der Waals surface area contributed by atoms with Crippen molar-refractivity contribution < 1.29 is 0 Å². The molecular weight excluding hydrogens is 1010 g/mol. The van der Waals surface area contributed by atoms with Gasteiger partial charge in [0.2, 0.25) is 0 Å². The largest absolute Gasteiger partial charge is 0.0615 e. The summed E-state index contributed by atoms with van der Waals surface area (Å²) in [5, 5.41) is 11.4. The Morgan fingerprint density at radius 2 is 0.636 bits per heavy atom. The number of aromatic nitrogens is 7. The normalized spacial score (nSPS) is 11.6. The molecule has 11 aromatic carbocycles. The number of fused-ring (bicyclic) bond motifs is 7. The van der Waals surface area contributed by atoms with E-state index in [4.69, 9.17) is 29.9 Å². The number of nitrogens with zero attached hydrogens (tertiary/aromatic N) is 7. The van der Waals surface area contributed by atoms with Gasteiger partial charge in [-0.3, -0.25) is 4.98 Å². The third-order valence-corrected chi connectivity index (χ3v) is 17.0. The van der Waals surface area contributed by atoms with Crippen LogP contribution in [0, 0.1) is 0 Å². The zero-order valence-electron chi connectivity index (χ0n) is 41.2. The first-order valence-electron chi connectivity index (χ1n) is 25.6. The van der Waals surface area contributed by atoms with Crippen LogP contribution in [0.1, 0.15) is 0 Å². The number of benzene rings is 11. The summed E-state index contributed by atoms with van der Waals surface area (Å²) < 4.78 is 2.74. The zero-order chi connectivity index (χ0) is 50.8. The van der Waals surface area contributed by atoms with E-state index in [1.165, 1.54) is 36.0 Å². The van der Waals surface area contributed by atoms with Gasteiger partial charge in [-0.25, -0.2) is 0 Å². The Morgan fingerprint density at radius 1 is 0.247 bits per heavy atom. The van der Waals surface area contributed by atoms with Gasteiger partial charge in [0.15, 0.2) is 0 Å². The summed E-state index contributed by atoms with van der Waals surface area (Å²) in [6.45, 7) is 0. The summed E-state index contributed by atoms with van der Waals surface area (Å²) in [5.41, 5.74) is 10.3. The molecule has 0 saturated carbocycles. The van der Waals surface area contributed by atoms with Crippen molar-refractivity contribution in [3.05, 3.63) is 249 Å². The molecule has 15 aromatic rings. The first-order chi connectivity index (χ1) is 38.2. The Kier molecular flexibility index (Phi) is 10.7. The topological polar surface area (TPSA) is 90.2 Å². The van der Waals surface area contributed by atoms with E-state index in [0.29, 0.717) is 34.9 Å². The van der Waals surface area contributed by atoms with Crippen LogP contribution in [0.15, 0.2) is 249 Å². The van der Waals surface area contributed by atoms with Crippen LogP contribution in [0.2, 0.25) is 0 Å². The minimum absolute atomic E-state index is 0.0891. The molecule has 0 aliphatic heterocycles. The van der Waals surface area contributed by atoms with Gasteiger partial charge < -0.3 is 0 Å². The molecule has 8 heteroatoms. The van der Waals surface area contributed by atoms with Gasteiger partial charge in [-0.1, -0.05) is 78.9 Å². The Morgan fingerprint density at radius 3 is 1.08 bits per heavy atom. The second-order valence-electron chi connectivity index (χ2n) is 19.1. The van der Waals surface area contributed by atoms with Crippen molar-refractivity contribution in [3.8, 4) is 90.6 Å². The van der Waals surface area contributed by atoms with Gasteiger partial charge in [0.05, 0.1) is 0 Å². The van der Waals surface area contributed by atoms with Crippen molar-refractivity contribution in [2.24, 2.45) is 0 Å². The molecule has 0 unspecified atom stereocenters. The number of hydrogen-bond acceptors (Lipinski definition) is 7. The molecule has 0 N–H and O–H groups in total. The van der Waals surface area contributed by atoms with Gasteiger partial charge in [-0.05, 0) is 6.07 Å². The fourth-order valence-electron chi connectivity index (χ4n) is 11.3. The summed E-state index contributed by atoms with van der Waals surface area (Å²) in [6.07, 6.45) is 3.59. The maximum absolute atomic E-state index is 5.28. The number of hydrogen-bond donors (Lipinski definition) is 0. The van der Waals surface area contributed by atoms with Crippen molar-refractivity contribution in [2.75, 3.05) is 0 Å². The number of pyridine rings is 1. The molecule has 0 aliphatic rings. The molecule has 0 saturated heterocycles. The van der Waals surface area contributed by atoms with E-state index in [-0.39, 0.29) is 14.5 Å². The van der Waals surface area contributed by atoms with Crippen LogP contribution in [0.5, 0.6) is 0 Å². The molecule has 4 aromatic heterocycles. The van der Waals surface area contributed by atoms with E-state index in [1.807, 2.05) is 85.1 Å². The third-order valence-electron chi connectivity index (χ3n) is 14.6. The molecule has 15 rings (SSSR count). The van der Waals surface area contributed by atoms with E-state index in [9.17, 15) is 0 Å². The molecular formula is C69H41N7Se. The molecule has 0 spiro atoms. The van der Waals surface area contributed by atoms with Gasteiger partial charge >= 0.3 is 355 Å². The third kappa shape index (κ3) is 7.61. The minimum atomic E-state index is 0.0891. The maximum atomic E-state index is 5.28. The maximum Gasteiger partial charge on any atom is -0.0512 e. The first kappa shape index (κ1) is 44.6. The second-order valence-corrected chi connectivity index (χ2v) is 21.4. The second kappa shape index (κ2) is 18.5. The molecule has 77 heavy (non-hydrogen) atoms. The average molecular weight is 1050 g/mol. The Balaban J connectivity index is 0.953. The molecule has 0 atom stereocenters. The van der Waals surface area contributed by atoms with Crippen molar-refractivity contribution in [2.45, 2.75) is 0 Å². The summed E-state index contributed by atoms with van der Waals surface area (Å²) in [7, 11) is 0. The molecule has 0 bridgehead atoms. The zero-order valence-corrected chi connectivity index (χ0v) is 42.9. The van der Waals surface area contributed by atoms with Gasteiger partial charge in [-0.15, -0.1) is 0 Å². The van der Waals surface area contributed by atoms with Crippen LogP contribution < -0.4 is 0 Å². The summed E-state index contributed by atoms with van der Waals surface area (Å²) in [6, 6.07) is 83.5. The summed E-state index contributed by atoms with van der Waals surface area (Å²) in [4.78, 5) is 35.6. The first-order valence-corrected chi connectivity index (χ1v) is 27.3. The monoisotopic (exact) mass is 1050 g/mol. The predicted octanol–water partition coefficient (Wildman–Crippen LogP) is 16.8. The molecule has 4 heterocycles. The average Bonchev–Trinajstić information content (AvgIpc) is 3.91.